The molecule has 1 aromatic rings. The first kappa shape index (κ1) is 17.3. The molecule has 0 saturated carbocycles. The van der Waals surface area contributed by atoms with Crippen LogP contribution in [0.25, 0.3) is 0 Å². The SMILES string of the molecule is CCOC(=O)[C@@H]1CCC[NH+](CC(=O)Nc2ccc(F)c(F)c2)C1. The Kier molecular flexibility index (Phi) is 6.04. The first-order chi connectivity index (χ1) is 11.0. The summed E-state index contributed by atoms with van der Waals surface area (Å²) >= 11 is 0. The summed E-state index contributed by atoms with van der Waals surface area (Å²) in [5.41, 5.74) is 0.215. The van der Waals surface area contributed by atoms with Crippen LogP contribution >= 0.6 is 0 Å². The number of carbonyl (C=O) groups is 2. The third-order valence-corrected chi connectivity index (χ3v) is 3.85. The molecule has 1 amide bonds. The molecule has 0 radical (unpaired) electrons. The second-order valence-corrected chi connectivity index (χ2v) is 5.65. The van der Waals surface area contributed by atoms with Gasteiger partial charge >= 0.3 is 5.97 Å². The van der Waals surface area contributed by atoms with Gasteiger partial charge in [-0.05, 0) is 31.9 Å². The molecular formula is C16H21F2N2O3+. The maximum absolute atomic E-state index is 13.1. The minimum atomic E-state index is -1.00. The van der Waals surface area contributed by atoms with Crippen molar-refractivity contribution in [3.63, 3.8) is 0 Å². The van der Waals surface area contributed by atoms with Crippen molar-refractivity contribution in [1.82, 2.24) is 0 Å². The first-order valence-electron chi connectivity index (χ1n) is 7.74. The number of halogens is 2. The van der Waals surface area contributed by atoms with Gasteiger partial charge in [0.2, 0.25) is 0 Å². The number of nitrogens with one attached hydrogen (secondary N) is 2. The van der Waals surface area contributed by atoms with Crippen molar-refractivity contribution in [2.75, 3.05) is 31.6 Å². The summed E-state index contributed by atoms with van der Waals surface area (Å²) in [6.45, 7) is 3.63. The fourth-order valence-corrected chi connectivity index (χ4v) is 2.78. The summed E-state index contributed by atoms with van der Waals surface area (Å²) in [5.74, 6) is -2.66. The topological polar surface area (TPSA) is 59.8 Å². The quantitative estimate of drug-likeness (QED) is 0.785. The Morgan fingerprint density at radius 1 is 1.35 bits per heavy atom. The van der Waals surface area contributed by atoms with Gasteiger partial charge in [-0.1, -0.05) is 0 Å². The number of benzene rings is 1. The van der Waals surface area contributed by atoms with Crippen molar-refractivity contribution in [2.24, 2.45) is 5.92 Å². The van der Waals surface area contributed by atoms with Gasteiger partial charge in [-0.3, -0.25) is 9.59 Å². The Hall–Kier alpha value is -2.02. The van der Waals surface area contributed by atoms with Crippen LogP contribution in [0.5, 0.6) is 0 Å². The zero-order valence-corrected chi connectivity index (χ0v) is 13.0. The fraction of sp³-hybridized carbons (Fsp3) is 0.500. The van der Waals surface area contributed by atoms with E-state index < -0.39 is 11.6 Å². The van der Waals surface area contributed by atoms with E-state index in [0.29, 0.717) is 13.2 Å². The molecule has 1 aliphatic heterocycles. The van der Waals surface area contributed by atoms with Crippen LogP contribution in [-0.4, -0.2) is 38.1 Å². The molecular weight excluding hydrogens is 306 g/mol. The van der Waals surface area contributed by atoms with Crippen LogP contribution < -0.4 is 10.2 Å². The molecule has 1 aliphatic rings. The van der Waals surface area contributed by atoms with Gasteiger partial charge in [0, 0.05) is 11.8 Å². The van der Waals surface area contributed by atoms with Crippen LogP contribution in [0, 0.1) is 17.6 Å². The summed E-state index contributed by atoms with van der Waals surface area (Å²) in [4.78, 5) is 24.8. The van der Waals surface area contributed by atoms with E-state index in [2.05, 4.69) is 5.32 Å². The lowest BCUT2D eigenvalue weighted by Crippen LogP contribution is -3.14. The van der Waals surface area contributed by atoms with Crippen LogP contribution in [0.1, 0.15) is 19.8 Å². The van der Waals surface area contributed by atoms with Crippen molar-refractivity contribution in [3.8, 4) is 0 Å². The maximum Gasteiger partial charge on any atom is 0.314 e. The number of esters is 1. The molecule has 2 N–H and O–H groups in total. The minimum Gasteiger partial charge on any atom is -0.466 e. The van der Waals surface area contributed by atoms with Crippen molar-refractivity contribution in [3.05, 3.63) is 29.8 Å². The third-order valence-electron chi connectivity index (χ3n) is 3.85. The number of quaternary nitrogens is 1. The molecule has 1 fully saturated rings. The van der Waals surface area contributed by atoms with E-state index in [4.69, 9.17) is 4.74 Å². The van der Waals surface area contributed by atoms with E-state index in [0.717, 1.165) is 36.4 Å². The van der Waals surface area contributed by atoms with Crippen molar-refractivity contribution >= 4 is 17.6 Å². The lowest BCUT2D eigenvalue weighted by Gasteiger charge is -2.28. The number of ether oxygens (including phenoxy) is 1. The van der Waals surface area contributed by atoms with Crippen LogP contribution in [0.4, 0.5) is 14.5 Å². The molecule has 2 atom stereocenters. The predicted molar refractivity (Wildman–Crippen MR) is 79.9 cm³/mol. The van der Waals surface area contributed by atoms with Crippen molar-refractivity contribution in [1.29, 1.82) is 0 Å². The van der Waals surface area contributed by atoms with Gasteiger partial charge in [-0.2, -0.15) is 0 Å². The number of anilines is 1. The highest BCUT2D eigenvalue weighted by atomic mass is 19.2. The normalized spacial score (nSPS) is 20.8. The number of hydrogen-bond acceptors (Lipinski definition) is 3. The molecule has 126 valence electrons. The standard InChI is InChI=1S/C16H20F2N2O3/c1-2-23-16(22)11-4-3-7-20(9-11)10-15(21)19-12-5-6-13(17)14(18)8-12/h5-6,8,11H,2-4,7,9-10H2,1H3,(H,19,21)/p+1/t11-/m1/s1. The Morgan fingerprint density at radius 2 is 2.13 bits per heavy atom. The highest BCUT2D eigenvalue weighted by molar-refractivity contribution is 5.91. The lowest BCUT2D eigenvalue weighted by atomic mass is 9.98. The molecule has 2 rings (SSSR count). The average molecular weight is 327 g/mol. The number of amides is 1. The Morgan fingerprint density at radius 3 is 2.83 bits per heavy atom. The van der Waals surface area contributed by atoms with Gasteiger partial charge in [0.05, 0.1) is 19.7 Å². The molecule has 0 bridgehead atoms. The van der Waals surface area contributed by atoms with Crippen LogP contribution in [-0.2, 0) is 14.3 Å². The van der Waals surface area contributed by atoms with Gasteiger partial charge < -0.3 is 15.0 Å². The van der Waals surface area contributed by atoms with Gasteiger partial charge in [0.15, 0.2) is 18.2 Å². The molecule has 23 heavy (non-hydrogen) atoms. The summed E-state index contributed by atoms with van der Waals surface area (Å²) in [6, 6.07) is 3.22. The number of carbonyl (C=O) groups excluding carboxylic acids is 2. The zero-order chi connectivity index (χ0) is 16.8. The van der Waals surface area contributed by atoms with E-state index in [1.165, 1.54) is 6.07 Å². The van der Waals surface area contributed by atoms with Crippen LogP contribution in [0.2, 0.25) is 0 Å². The van der Waals surface area contributed by atoms with E-state index in [-0.39, 0.29) is 30.0 Å². The van der Waals surface area contributed by atoms with Gasteiger partial charge in [-0.25, -0.2) is 8.78 Å². The van der Waals surface area contributed by atoms with Crippen LogP contribution in [0.15, 0.2) is 18.2 Å². The van der Waals surface area contributed by atoms with E-state index in [9.17, 15) is 18.4 Å². The van der Waals surface area contributed by atoms with Gasteiger partial charge in [-0.15, -0.1) is 0 Å². The minimum absolute atomic E-state index is 0.175. The largest absolute Gasteiger partial charge is 0.466 e. The molecule has 0 aromatic heterocycles. The molecule has 1 unspecified atom stereocenters. The summed E-state index contributed by atoms with van der Waals surface area (Å²) < 4.78 is 31.0. The molecule has 7 heteroatoms. The van der Waals surface area contributed by atoms with E-state index in [1.807, 2.05) is 0 Å². The van der Waals surface area contributed by atoms with Crippen LogP contribution in [0.3, 0.4) is 0 Å². The Balaban J connectivity index is 1.86. The highest BCUT2D eigenvalue weighted by Gasteiger charge is 2.30. The summed E-state index contributed by atoms with van der Waals surface area (Å²) in [5, 5.41) is 2.54. The number of piperidine rings is 1. The van der Waals surface area contributed by atoms with Crippen molar-refractivity contribution < 1.29 is 28.0 Å². The molecule has 5 nitrogen and oxygen atoms in total. The number of hydrogen-bond donors (Lipinski definition) is 2. The zero-order valence-electron chi connectivity index (χ0n) is 13.0. The van der Waals surface area contributed by atoms with E-state index >= 15 is 0 Å². The van der Waals surface area contributed by atoms with Gasteiger partial charge in [0.25, 0.3) is 5.91 Å². The molecule has 0 spiro atoms. The van der Waals surface area contributed by atoms with Crippen molar-refractivity contribution in [2.45, 2.75) is 19.8 Å². The number of rotatable bonds is 5. The maximum atomic E-state index is 13.1. The average Bonchev–Trinajstić information content (AvgIpc) is 2.51. The second kappa shape index (κ2) is 8.01. The lowest BCUT2D eigenvalue weighted by molar-refractivity contribution is -0.899. The third kappa shape index (κ3) is 4.99. The molecule has 1 aromatic carbocycles. The first-order valence-corrected chi connectivity index (χ1v) is 7.74. The van der Waals surface area contributed by atoms with E-state index in [1.54, 1.807) is 6.92 Å². The molecule has 1 heterocycles. The smallest absolute Gasteiger partial charge is 0.314 e. The monoisotopic (exact) mass is 327 g/mol. The predicted octanol–water partition coefficient (Wildman–Crippen LogP) is 0.761. The highest BCUT2D eigenvalue weighted by Crippen LogP contribution is 2.13. The second-order valence-electron chi connectivity index (χ2n) is 5.65. The fourth-order valence-electron chi connectivity index (χ4n) is 2.78. The molecule has 0 aliphatic carbocycles. The summed E-state index contributed by atoms with van der Waals surface area (Å²) in [7, 11) is 0. The van der Waals surface area contributed by atoms with Gasteiger partial charge in [0.1, 0.15) is 5.92 Å². The number of likely N-dealkylation sites (tertiary alicyclic amines) is 1. The Bertz CT molecular complexity index is 580. The summed E-state index contributed by atoms with van der Waals surface area (Å²) in [6.07, 6.45) is 1.62. The Labute approximate surface area is 133 Å². The molecule has 1 saturated heterocycles.